The van der Waals surface area contributed by atoms with E-state index in [1.54, 1.807) is 6.08 Å². The number of carbonyl (C=O) groups excluding carboxylic acids is 2. The number of nitrogens with zero attached hydrogens (tertiary/aromatic N) is 1. The first-order valence-electron chi connectivity index (χ1n) is 11.3. The van der Waals surface area contributed by atoms with Gasteiger partial charge in [-0.2, -0.15) is 0 Å². The van der Waals surface area contributed by atoms with Gasteiger partial charge in [-0.15, -0.1) is 0 Å². The predicted octanol–water partition coefficient (Wildman–Crippen LogP) is 5.52. The van der Waals surface area contributed by atoms with Crippen molar-refractivity contribution in [3.63, 3.8) is 0 Å². The second kappa shape index (κ2) is 11.4. The van der Waals surface area contributed by atoms with Gasteiger partial charge in [-0.3, -0.25) is 0 Å². The van der Waals surface area contributed by atoms with E-state index < -0.39 is 23.7 Å². The monoisotopic (exact) mass is 460 g/mol. The maximum atomic E-state index is 12.4. The van der Waals surface area contributed by atoms with E-state index in [4.69, 9.17) is 9.47 Å². The first kappa shape index (κ1) is 24.8. The Labute approximate surface area is 200 Å². The van der Waals surface area contributed by atoms with Crippen molar-refractivity contribution in [2.45, 2.75) is 45.4 Å². The molecule has 0 saturated carbocycles. The van der Waals surface area contributed by atoms with E-state index in [-0.39, 0.29) is 0 Å². The van der Waals surface area contributed by atoms with Crippen LogP contribution in [0.2, 0.25) is 0 Å². The van der Waals surface area contributed by atoms with Crippen molar-refractivity contribution in [2.24, 2.45) is 0 Å². The molecule has 3 rings (SSSR count). The number of para-hydroxylation sites is 1. The van der Waals surface area contributed by atoms with Crippen LogP contribution in [0.4, 0.5) is 4.79 Å². The van der Waals surface area contributed by atoms with Gasteiger partial charge in [-0.25, -0.2) is 9.59 Å². The molecule has 0 radical (unpaired) electrons. The van der Waals surface area contributed by atoms with Gasteiger partial charge in [-0.1, -0.05) is 66.8 Å². The summed E-state index contributed by atoms with van der Waals surface area (Å²) in [4.78, 5) is 24.1. The highest BCUT2D eigenvalue weighted by molar-refractivity contribution is 5.84. The van der Waals surface area contributed by atoms with E-state index in [0.717, 1.165) is 22.0 Å². The van der Waals surface area contributed by atoms with Gasteiger partial charge >= 0.3 is 12.1 Å². The number of hydrogen-bond donors (Lipinski definition) is 1. The van der Waals surface area contributed by atoms with Crippen molar-refractivity contribution in [1.29, 1.82) is 0 Å². The molecule has 1 N–H and O–H groups in total. The number of alkyl carbamates (subject to hydrolysis) is 1. The standard InChI is InChI=1S/C28H32N2O4/c1-28(2,3)34-27(32)29-23(16-17-26(31)33-4)19-22-20-30(25-15-9-8-14-24(22)25)18-10-13-21-11-6-5-7-12-21/h5-17,20,23H,18-19H2,1-4H3,(H,29,32). The minimum Gasteiger partial charge on any atom is -0.466 e. The van der Waals surface area contributed by atoms with E-state index in [2.05, 4.69) is 52.5 Å². The van der Waals surface area contributed by atoms with Gasteiger partial charge in [0.05, 0.1) is 13.2 Å². The minimum absolute atomic E-state index is 0.451. The summed E-state index contributed by atoms with van der Waals surface area (Å²) in [6, 6.07) is 17.9. The van der Waals surface area contributed by atoms with Gasteiger partial charge in [0.2, 0.25) is 0 Å². The van der Waals surface area contributed by atoms with Gasteiger partial charge < -0.3 is 19.4 Å². The van der Waals surface area contributed by atoms with Crippen molar-refractivity contribution in [1.82, 2.24) is 9.88 Å². The highest BCUT2D eigenvalue weighted by Crippen LogP contribution is 2.23. The molecule has 2 aromatic carbocycles. The first-order valence-corrected chi connectivity index (χ1v) is 11.3. The lowest BCUT2D eigenvalue weighted by molar-refractivity contribution is -0.134. The number of amides is 1. The van der Waals surface area contributed by atoms with E-state index in [9.17, 15) is 9.59 Å². The summed E-state index contributed by atoms with van der Waals surface area (Å²) in [5, 5.41) is 3.96. The number of rotatable bonds is 8. The number of allylic oxidation sites excluding steroid dienone is 1. The van der Waals surface area contributed by atoms with E-state index in [1.807, 2.05) is 51.1 Å². The molecule has 0 aliphatic rings. The topological polar surface area (TPSA) is 69.6 Å². The molecule has 1 atom stereocenters. The van der Waals surface area contributed by atoms with Crippen LogP contribution in [0.3, 0.4) is 0 Å². The zero-order chi connectivity index (χ0) is 24.6. The summed E-state index contributed by atoms with van der Waals surface area (Å²) in [6.45, 7) is 6.13. The molecule has 0 spiro atoms. The summed E-state index contributed by atoms with van der Waals surface area (Å²) in [6.07, 6.45) is 9.22. The molecule has 6 nitrogen and oxygen atoms in total. The summed E-state index contributed by atoms with van der Waals surface area (Å²) in [5.41, 5.74) is 2.68. The van der Waals surface area contributed by atoms with Crippen LogP contribution in [0.5, 0.6) is 0 Å². The number of benzene rings is 2. The molecule has 1 heterocycles. The Morgan fingerprint density at radius 1 is 1.06 bits per heavy atom. The van der Waals surface area contributed by atoms with Crippen LogP contribution in [0.25, 0.3) is 17.0 Å². The molecule has 0 saturated heterocycles. The third-order valence-electron chi connectivity index (χ3n) is 5.09. The quantitative estimate of drug-likeness (QED) is 0.355. The minimum atomic E-state index is -0.623. The van der Waals surface area contributed by atoms with Crippen LogP contribution < -0.4 is 5.32 Å². The smallest absolute Gasteiger partial charge is 0.408 e. The zero-order valence-corrected chi connectivity index (χ0v) is 20.2. The van der Waals surface area contributed by atoms with Gasteiger partial charge in [0.25, 0.3) is 0 Å². The second-order valence-electron chi connectivity index (χ2n) is 8.98. The molecule has 1 aromatic heterocycles. The molecule has 0 aliphatic carbocycles. The third kappa shape index (κ3) is 7.37. The lowest BCUT2D eigenvalue weighted by Gasteiger charge is -2.22. The molecule has 1 unspecified atom stereocenters. The Balaban J connectivity index is 1.84. The SMILES string of the molecule is COC(=O)C=CC(Cc1cn(CC=Cc2ccccc2)c2ccccc12)NC(=O)OC(C)(C)C. The molecule has 6 heteroatoms. The average Bonchev–Trinajstić information content (AvgIpc) is 3.14. The Morgan fingerprint density at radius 2 is 1.76 bits per heavy atom. The number of nitrogens with one attached hydrogen (secondary N) is 1. The molecule has 0 fully saturated rings. The molecular formula is C28H32N2O4. The fourth-order valence-corrected chi connectivity index (χ4v) is 3.63. The van der Waals surface area contributed by atoms with Crippen molar-refractivity contribution < 1.29 is 19.1 Å². The van der Waals surface area contributed by atoms with Crippen LogP contribution in [-0.2, 0) is 27.2 Å². The van der Waals surface area contributed by atoms with Gasteiger partial charge in [-0.05, 0) is 44.4 Å². The predicted molar refractivity (Wildman–Crippen MR) is 135 cm³/mol. The number of fused-ring (bicyclic) bond motifs is 1. The van der Waals surface area contributed by atoms with Crippen molar-refractivity contribution in [3.05, 3.63) is 90.1 Å². The molecular weight excluding hydrogens is 428 g/mol. The Bertz CT molecular complexity index is 1170. The largest absolute Gasteiger partial charge is 0.466 e. The van der Waals surface area contributed by atoms with E-state index in [0.29, 0.717) is 13.0 Å². The normalized spacial score (nSPS) is 12.8. The van der Waals surface area contributed by atoms with Crippen LogP contribution in [0, 0.1) is 0 Å². The van der Waals surface area contributed by atoms with Gasteiger partial charge in [0, 0.05) is 29.7 Å². The number of ether oxygens (including phenoxy) is 2. The average molecular weight is 461 g/mol. The van der Waals surface area contributed by atoms with Gasteiger partial charge in [0.1, 0.15) is 5.60 Å². The Hall–Kier alpha value is -3.80. The van der Waals surface area contributed by atoms with Crippen molar-refractivity contribution >= 4 is 29.0 Å². The van der Waals surface area contributed by atoms with Crippen molar-refractivity contribution in [2.75, 3.05) is 7.11 Å². The van der Waals surface area contributed by atoms with Crippen LogP contribution in [0.1, 0.15) is 31.9 Å². The molecule has 34 heavy (non-hydrogen) atoms. The summed E-state index contributed by atoms with van der Waals surface area (Å²) >= 11 is 0. The number of carbonyl (C=O) groups is 2. The lowest BCUT2D eigenvalue weighted by atomic mass is 10.0. The highest BCUT2D eigenvalue weighted by atomic mass is 16.6. The summed E-state index contributed by atoms with van der Waals surface area (Å²) in [5.74, 6) is -0.482. The highest BCUT2D eigenvalue weighted by Gasteiger charge is 2.20. The lowest BCUT2D eigenvalue weighted by Crippen LogP contribution is -2.39. The fraction of sp³-hybridized carbons (Fsp3) is 0.286. The summed E-state index contributed by atoms with van der Waals surface area (Å²) < 4.78 is 12.3. The zero-order valence-electron chi connectivity index (χ0n) is 20.2. The number of aromatic nitrogens is 1. The maximum Gasteiger partial charge on any atom is 0.408 e. The van der Waals surface area contributed by atoms with Crippen LogP contribution >= 0.6 is 0 Å². The number of methoxy groups -OCH3 is 1. The van der Waals surface area contributed by atoms with Crippen LogP contribution in [-0.4, -0.2) is 35.4 Å². The third-order valence-corrected chi connectivity index (χ3v) is 5.09. The first-order chi connectivity index (χ1) is 16.2. The van der Waals surface area contributed by atoms with Gasteiger partial charge in [0.15, 0.2) is 0 Å². The molecule has 0 bridgehead atoms. The Kier molecular flexibility index (Phi) is 8.30. The number of esters is 1. The Morgan fingerprint density at radius 3 is 2.47 bits per heavy atom. The fourth-order valence-electron chi connectivity index (χ4n) is 3.63. The second-order valence-corrected chi connectivity index (χ2v) is 8.98. The van der Waals surface area contributed by atoms with Crippen molar-refractivity contribution in [3.8, 4) is 0 Å². The molecule has 0 aliphatic heterocycles. The number of hydrogen-bond acceptors (Lipinski definition) is 4. The summed E-state index contributed by atoms with van der Waals surface area (Å²) in [7, 11) is 1.32. The molecule has 3 aromatic rings. The van der Waals surface area contributed by atoms with E-state index in [1.165, 1.54) is 13.2 Å². The molecule has 178 valence electrons. The maximum absolute atomic E-state index is 12.4. The van der Waals surface area contributed by atoms with E-state index >= 15 is 0 Å². The van der Waals surface area contributed by atoms with Crippen LogP contribution in [0.15, 0.2) is 79.0 Å². The molecule has 1 amide bonds.